The Bertz CT molecular complexity index is 783. The molecule has 0 saturated heterocycles. The summed E-state index contributed by atoms with van der Waals surface area (Å²) in [5, 5.41) is 11.7. The zero-order valence-electron chi connectivity index (χ0n) is 13.4. The third-order valence-corrected chi connectivity index (χ3v) is 4.16. The lowest BCUT2D eigenvalue weighted by atomic mass is 10.2. The van der Waals surface area contributed by atoms with Gasteiger partial charge in [-0.15, -0.1) is 0 Å². The van der Waals surface area contributed by atoms with Gasteiger partial charge in [-0.2, -0.15) is 0 Å². The van der Waals surface area contributed by atoms with Gasteiger partial charge < -0.3 is 9.64 Å². The Morgan fingerprint density at radius 2 is 1.92 bits per heavy atom. The van der Waals surface area contributed by atoms with E-state index in [1.165, 1.54) is 23.1 Å². The largest absolute Gasteiger partial charge is 0.491 e. The Morgan fingerprint density at radius 1 is 1.20 bits per heavy atom. The molecule has 2 rings (SSSR count). The van der Waals surface area contributed by atoms with Gasteiger partial charge in [-0.3, -0.25) is 14.9 Å². The SMILES string of the molecule is CN(Cc1cc([N+](=O)[O-])ccc1Cl)C(=O)CCOc1ccccc1Cl. The van der Waals surface area contributed by atoms with Gasteiger partial charge in [-0.1, -0.05) is 35.3 Å². The van der Waals surface area contributed by atoms with E-state index in [1.54, 1.807) is 31.3 Å². The fourth-order valence-electron chi connectivity index (χ4n) is 2.14. The molecule has 0 atom stereocenters. The number of hydrogen-bond acceptors (Lipinski definition) is 4. The molecule has 0 spiro atoms. The van der Waals surface area contributed by atoms with E-state index in [0.717, 1.165) is 0 Å². The number of carbonyl (C=O) groups is 1. The van der Waals surface area contributed by atoms with Crippen LogP contribution in [0.15, 0.2) is 42.5 Å². The van der Waals surface area contributed by atoms with Gasteiger partial charge in [0.25, 0.3) is 5.69 Å². The third kappa shape index (κ3) is 5.34. The van der Waals surface area contributed by atoms with Gasteiger partial charge in [0.15, 0.2) is 0 Å². The average molecular weight is 383 g/mol. The first kappa shape index (κ1) is 19.0. The molecule has 0 radical (unpaired) electrons. The number of carbonyl (C=O) groups excluding carboxylic acids is 1. The molecule has 0 heterocycles. The van der Waals surface area contributed by atoms with Crippen LogP contribution in [0.4, 0.5) is 5.69 Å². The maximum atomic E-state index is 12.2. The summed E-state index contributed by atoms with van der Waals surface area (Å²) in [7, 11) is 1.60. The van der Waals surface area contributed by atoms with Crippen molar-refractivity contribution in [3.63, 3.8) is 0 Å². The van der Waals surface area contributed by atoms with E-state index in [-0.39, 0.29) is 31.2 Å². The van der Waals surface area contributed by atoms with Crippen molar-refractivity contribution in [2.75, 3.05) is 13.7 Å². The highest BCUT2D eigenvalue weighted by atomic mass is 35.5. The highest BCUT2D eigenvalue weighted by molar-refractivity contribution is 6.32. The smallest absolute Gasteiger partial charge is 0.269 e. The topological polar surface area (TPSA) is 72.7 Å². The molecular weight excluding hydrogens is 367 g/mol. The second-order valence-corrected chi connectivity index (χ2v) is 6.13. The van der Waals surface area contributed by atoms with E-state index in [0.29, 0.717) is 21.4 Å². The molecule has 2 aromatic carbocycles. The van der Waals surface area contributed by atoms with Crippen LogP contribution in [-0.4, -0.2) is 29.4 Å². The Balaban J connectivity index is 1.91. The minimum Gasteiger partial charge on any atom is -0.491 e. The van der Waals surface area contributed by atoms with Crippen molar-refractivity contribution in [2.24, 2.45) is 0 Å². The molecule has 1 amide bonds. The molecule has 6 nitrogen and oxygen atoms in total. The monoisotopic (exact) mass is 382 g/mol. The molecule has 0 fully saturated rings. The molecule has 2 aromatic rings. The predicted molar refractivity (Wildman–Crippen MR) is 96.1 cm³/mol. The number of amides is 1. The van der Waals surface area contributed by atoms with E-state index in [1.807, 2.05) is 0 Å². The number of hydrogen-bond donors (Lipinski definition) is 0. The van der Waals surface area contributed by atoms with E-state index < -0.39 is 4.92 Å². The molecule has 0 aliphatic carbocycles. The Kier molecular flexibility index (Phi) is 6.61. The summed E-state index contributed by atoms with van der Waals surface area (Å²) < 4.78 is 5.49. The second kappa shape index (κ2) is 8.69. The first-order chi connectivity index (χ1) is 11.9. The highest BCUT2D eigenvalue weighted by Crippen LogP contribution is 2.24. The summed E-state index contributed by atoms with van der Waals surface area (Å²) >= 11 is 12.0. The van der Waals surface area contributed by atoms with Crippen LogP contribution in [0.25, 0.3) is 0 Å². The van der Waals surface area contributed by atoms with E-state index >= 15 is 0 Å². The van der Waals surface area contributed by atoms with Crippen molar-refractivity contribution in [1.29, 1.82) is 0 Å². The van der Waals surface area contributed by atoms with E-state index in [4.69, 9.17) is 27.9 Å². The lowest BCUT2D eigenvalue weighted by Gasteiger charge is -2.18. The molecule has 0 N–H and O–H groups in total. The van der Waals surface area contributed by atoms with Crippen LogP contribution in [0.1, 0.15) is 12.0 Å². The fraction of sp³-hybridized carbons (Fsp3) is 0.235. The quantitative estimate of drug-likeness (QED) is 0.527. The summed E-state index contributed by atoms with van der Waals surface area (Å²) in [5.41, 5.74) is 0.445. The van der Waals surface area contributed by atoms with Gasteiger partial charge in [-0.25, -0.2) is 0 Å². The number of benzene rings is 2. The molecule has 8 heteroatoms. The minimum atomic E-state index is -0.501. The maximum Gasteiger partial charge on any atom is 0.269 e. The normalized spacial score (nSPS) is 10.4. The maximum absolute atomic E-state index is 12.2. The van der Waals surface area contributed by atoms with E-state index in [9.17, 15) is 14.9 Å². The van der Waals surface area contributed by atoms with Gasteiger partial charge in [-0.05, 0) is 23.8 Å². The van der Waals surface area contributed by atoms with Crippen LogP contribution in [0.2, 0.25) is 10.0 Å². The van der Waals surface area contributed by atoms with Crippen molar-refractivity contribution >= 4 is 34.8 Å². The molecule has 0 unspecified atom stereocenters. The van der Waals surface area contributed by atoms with Crippen LogP contribution in [0, 0.1) is 10.1 Å². The molecule has 25 heavy (non-hydrogen) atoms. The van der Waals surface area contributed by atoms with Crippen LogP contribution in [0.5, 0.6) is 5.75 Å². The van der Waals surface area contributed by atoms with Gasteiger partial charge in [0.05, 0.1) is 23.0 Å². The van der Waals surface area contributed by atoms with Crippen molar-refractivity contribution in [3.8, 4) is 5.75 Å². The van der Waals surface area contributed by atoms with Crippen molar-refractivity contribution in [2.45, 2.75) is 13.0 Å². The number of nitro groups is 1. The summed E-state index contributed by atoms with van der Waals surface area (Å²) in [4.78, 5) is 24.0. The van der Waals surface area contributed by atoms with Crippen LogP contribution in [0.3, 0.4) is 0 Å². The van der Waals surface area contributed by atoms with Gasteiger partial charge >= 0.3 is 0 Å². The molecule has 0 saturated carbocycles. The average Bonchev–Trinajstić information content (AvgIpc) is 2.58. The fourth-order valence-corrected chi connectivity index (χ4v) is 2.51. The number of ether oxygens (including phenoxy) is 1. The lowest BCUT2D eigenvalue weighted by Crippen LogP contribution is -2.27. The molecule has 0 aliphatic heterocycles. The van der Waals surface area contributed by atoms with Crippen molar-refractivity contribution in [3.05, 3.63) is 68.2 Å². The first-order valence-corrected chi connectivity index (χ1v) is 8.18. The second-order valence-electron chi connectivity index (χ2n) is 5.31. The van der Waals surface area contributed by atoms with Crippen molar-refractivity contribution < 1.29 is 14.5 Å². The van der Waals surface area contributed by atoms with E-state index in [2.05, 4.69) is 0 Å². The predicted octanol–water partition coefficient (Wildman–Crippen LogP) is 4.33. The van der Waals surface area contributed by atoms with Gasteiger partial charge in [0, 0.05) is 30.7 Å². The van der Waals surface area contributed by atoms with Gasteiger partial charge in [0.1, 0.15) is 5.75 Å². The van der Waals surface area contributed by atoms with Crippen molar-refractivity contribution in [1.82, 2.24) is 4.90 Å². The van der Waals surface area contributed by atoms with Crippen LogP contribution in [-0.2, 0) is 11.3 Å². The molecule has 0 aliphatic rings. The summed E-state index contributed by atoms with van der Waals surface area (Å²) in [6.45, 7) is 0.348. The Morgan fingerprint density at radius 3 is 2.60 bits per heavy atom. The lowest BCUT2D eigenvalue weighted by molar-refractivity contribution is -0.384. The van der Waals surface area contributed by atoms with Crippen LogP contribution >= 0.6 is 23.2 Å². The molecule has 0 bridgehead atoms. The third-order valence-electron chi connectivity index (χ3n) is 3.48. The molecule has 0 aromatic heterocycles. The standard InChI is InChI=1S/C17H16Cl2N2O4/c1-20(11-12-10-13(21(23)24)6-7-14(12)18)17(22)8-9-25-16-5-3-2-4-15(16)19/h2-7,10H,8-9,11H2,1H3. The summed E-state index contributed by atoms with van der Waals surface area (Å²) in [6.07, 6.45) is 0.147. The number of non-ortho nitro benzene ring substituents is 1. The van der Waals surface area contributed by atoms with Gasteiger partial charge in [0.2, 0.25) is 5.91 Å². The highest BCUT2D eigenvalue weighted by Gasteiger charge is 2.15. The number of rotatable bonds is 7. The summed E-state index contributed by atoms with van der Waals surface area (Å²) in [6, 6.07) is 11.1. The Labute approximate surface area is 155 Å². The number of para-hydroxylation sites is 1. The zero-order valence-corrected chi connectivity index (χ0v) is 15.0. The minimum absolute atomic E-state index is 0.0673. The molecule has 132 valence electrons. The number of nitro benzene ring substituents is 1. The molecular formula is C17H16Cl2N2O4. The van der Waals surface area contributed by atoms with Crippen LogP contribution < -0.4 is 4.74 Å². The first-order valence-electron chi connectivity index (χ1n) is 7.42. The number of nitrogens with zero attached hydrogens (tertiary/aromatic N) is 2. The Hall–Kier alpha value is -2.31. The number of halogens is 2. The summed E-state index contributed by atoms with van der Waals surface area (Å²) in [5.74, 6) is 0.343. The zero-order chi connectivity index (χ0) is 18.4.